The fourth-order valence-corrected chi connectivity index (χ4v) is 7.25. The first-order chi connectivity index (χ1) is 11.1. The Morgan fingerprint density at radius 3 is 2.13 bits per heavy atom. The Morgan fingerprint density at radius 1 is 0.913 bits per heavy atom. The van der Waals surface area contributed by atoms with Crippen LogP contribution in [0.3, 0.4) is 0 Å². The van der Waals surface area contributed by atoms with E-state index in [-0.39, 0.29) is 0 Å². The highest BCUT2D eigenvalue weighted by Gasteiger charge is 2.41. The molecule has 2 aromatic rings. The lowest BCUT2D eigenvalue weighted by Crippen LogP contribution is -2.66. The monoisotopic (exact) mass is 325 g/mol. The van der Waals surface area contributed by atoms with Crippen LogP contribution in [-0.2, 0) is 13.1 Å². The van der Waals surface area contributed by atoms with Crippen molar-refractivity contribution >= 4 is 8.07 Å². The van der Waals surface area contributed by atoms with Crippen LogP contribution in [0.1, 0.15) is 17.5 Å². The Kier molecular flexibility index (Phi) is 5.00. The molecule has 0 amide bonds. The first-order valence-electron chi connectivity index (χ1n) is 8.76. The van der Waals surface area contributed by atoms with Crippen molar-refractivity contribution in [1.82, 2.24) is 5.43 Å². The van der Waals surface area contributed by atoms with Crippen molar-refractivity contribution in [3.8, 4) is 0 Å². The van der Waals surface area contributed by atoms with E-state index in [9.17, 15) is 0 Å². The second kappa shape index (κ2) is 6.99. The molecule has 0 spiro atoms. The van der Waals surface area contributed by atoms with Crippen LogP contribution in [0.15, 0.2) is 60.7 Å². The molecular formula is C20H29N2Si+. The third kappa shape index (κ3) is 4.53. The first-order valence-corrected chi connectivity index (χ1v) is 12.2. The summed E-state index contributed by atoms with van der Waals surface area (Å²) >= 11 is 0. The van der Waals surface area contributed by atoms with Gasteiger partial charge in [0, 0.05) is 5.56 Å². The molecule has 1 aliphatic heterocycles. The number of nitrogens with zero attached hydrogens (tertiary/aromatic N) is 1. The van der Waals surface area contributed by atoms with Crippen LogP contribution in [0.2, 0.25) is 19.1 Å². The number of benzene rings is 2. The largest absolute Gasteiger partial charge is 0.245 e. The van der Waals surface area contributed by atoms with Crippen LogP contribution in [0.5, 0.6) is 0 Å². The van der Waals surface area contributed by atoms with Gasteiger partial charge in [-0.25, -0.2) is 4.59 Å². The quantitative estimate of drug-likeness (QED) is 0.636. The summed E-state index contributed by atoms with van der Waals surface area (Å²) in [6.07, 6.45) is 2.68. The van der Waals surface area contributed by atoms with Crippen molar-refractivity contribution in [2.45, 2.75) is 38.6 Å². The lowest BCUT2D eigenvalue weighted by atomic mass is 10.2. The second-order valence-electron chi connectivity index (χ2n) is 7.76. The zero-order valence-electron chi connectivity index (χ0n) is 14.5. The number of hydrogen-bond acceptors (Lipinski definition) is 1. The lowest BCUT2D eigenvalue weighted by molar-refractivity contribution is -0.977. The van der Waals surface area contributed by atoms with E-state index in [1.165, 1.54) is 36.3 Å². The minimum atomic E-state index is -1.11. The van der Waals surface area contributed by atoms with E-state index in [1.54, 1.807) is 0 Å². The van der Waals surface area contributed by atoms with Gasteiger partial charge in [0.25, 0.3) is 0 Å². The molecule has 0 aromatic heterocycles. The predicted octanol–water partition coefficient (Wildman–Crippen LogP) is 4.36. The summed E-state index contributed by atoms with van der Waals surface area (Å²) in [6, 6.07) is 23.2. The molecule has 0 radical (unpaired) electrons. The van der Waals surface area contributed by atoms with E-state index < -0.39 is 8.07 Å². The van der Waals surface area contributed by atoms with E-state index in [4.69, 9.17) is 0 Å². The van der Waals surface area contributed by atoms with Crippen molar-refractivity contribution in [2.75, 3.05) is 12.7 Å². The van der Waals surface area contributed by atoms with Gasteiger partial charge in [0.1, 0.15) is 14.6 Å². The van der Waals surface area contributed by atoms with Crippen LogP contribution in [-0.4, -0.2) is 25.4 Å². The maximum atomic E-state index is 3.93. The Morgan fingerprint density at radius 2 is 1.52 bits per heavy atom. The van der Waals surface area contributed by atoms with Crippen LogP contribution in [0, 0.1) is 0 Å². The van der Waals surface area contributed by atoms with Gasteiger partial charge in [-0.05, 0) is 18.0 Å². The molecule has 1 unspecified atom stereocenters. The van der Waals surface area contributed by atoms with Gasteiger partial charge < -0.3 is 0 Å². The van der Waals surface area contributed by atoms with Gasteiger partial charge in [-0.3, -0.25) is 0 Å². The van der Waals surface area contributed by atoms with Gasteiger partial charge in [0.05, 0.1) is 19.3 Å². The van der Waals surface area contributed by atoms with E-state index in [1.807, 2.05) is 0 Å². The lowest BCUT2D eigenvalue weighted by Gasteiger charge is -2.46. The van der Waals surface area contributed by atoms with Crippen LogP contribution in [0.4, 0.5) is 0 Å². The van der Waals surface area contributed by atoms with E-state index >= 15 is 0 Å². The van der Waals surface area contributed by atoms with Gasteiger partial charge >= 0.3 is 0 Å². The molecule has 1 atom stereocenters. The van der Waals surface area contributed by atoms with Crippen molar-refractivity contribution in [1.29, 1.82) is 0 Å². The topological polar surface area (TPSA) is 12.0 Å². The Labute approximate surface area is 141 Å². The molecular weight excluding hydrogens is 296 g/mol. The average molecular weight is 326 g/mol. The molecule has 1 N–H and O–H groups in total. The Balaban J connectivity index is 1.78. The highest BCUT2D eigenvalue weighted by Crippen LogP contribution is 2.27. The molecule has 1 aliphatic rings. The van der Waals surface area contributed by atoms with E-state index in [0.29, 0.717) is 0 Å². The van der Waals surface area contributed by atoms with Gasteiger partial charge in [0.2, 0.25) is 0 Å². The third-order valence-electron chi connectivity index (χ3n) is 4.96. The minimum absolute atomic E-state index is 0.957. The third-order valence-corrected chi connectivity index (χ3v) is 8.13. The molecule has 1 saturated heterocycles. The molecule has 23 heavy (non-hydrogen) atoms. The number of hydrogen-bond donors (Lipinski definition) is 1. The molecule has 2 nitrogen and oxygen atoms in total. The molecule has 0 bridgehead atoms. The summed E-state index contributed by atoms with van der Waals surface area (Å²) in [5.74, 6) is 0. The molecule has 122 valence electrons. The van der Waals surface area contributed by atoms with Crippen LogP contribution in [0.25, 0.3) is 0 Å². The Bertz CT molecular complexity index is 612. The summed E-state index contributed by atoms with van der Waals surface area (Å²) in [7, 11) is -1.11. The zero-order chi connectivity index (χ0) is 16.2. The molecule has 0 aliphatic carbocycles. The predicted molar refractivity (Wildman–Crippen MR) is 100 cm³/mol. The van der Waals surface area contributed by atoms with Crippen LogP contribution < -0.4 is 5.43 Å². The highest BCUT2D eigenvalue weighted by atomic mass is 28.3. The number of quaternary nitrogens is 1. The number of nitrogens with one attached hydrogen (secondary N) is 1. The molecule has 1 heterocycles. The van der Waals surface area contributed by atoms with Crippen molar-refractivity contribution in [2.24, 2.45) is 0 Å². The van der Waals surface area contributed by atoms with Gasteiger partial charge in [-0.15, -0.1) is 0 Å². The molecule has 2 aromatic carbocycles. The van der Waals surface area contributed by atoms with E-state index in [2.05, 4.69) is 79.2 Å². The summed E-state index contributed by atoms with van der Waals surface area (Å²) in [5, 5.41) is 0. The summed E-state index contributed by atoms with van der Waals surface area (Å²) in [5.41, 5.74) is 6.75. The van der Waals surface area contributed by atoms with Gasteiger partial charge in [0.15, 0.2) is 0 Å². The minimum Gasteiger partial charge on any atom is -0.245 e. The van der Waals surface area contributed by atoms with Gasteiger partial charge in [-0.1, -0.05) is 73.8 Å². The Hall–Kier alpha value is -1.42. The van der Waals surface area contributed by atoms with Crippen molar-refractivity contribution in [3.63, 3.8) is 0 Å². The fraction of sp³-hybridized carbons (Fsp3) is 0.400. The second-order valence-corrected chi connectivity index (χ2v) is 12.9. The molecule has 3 heteroatoms. The maximum absolute atomic E-state index is 3.93. The highest BCUT2D eigenvalue weighted by molar-refractivity contribution is 6.77. The molecule has 3 rings (SSSR count). The number of rotatable bonds is 5. The smallest absolute Gasteiger partial charge is 0.122 e. The molecule has 1 fully saturated rings. The summed E-state index contributed by atoms with van der Waals surface area (Å²) in [4.78, 5) is 0. The summed E-state index contributed by atoms with van der Waals surface area (Å²) < 4.78 is 1.05. The summed E-state index contributed by atoms with van der Waals surface area (Å²) in [6.45, 7) is 8.41. The zero-order valence-corrected chi connectivity index (χ0v) is 15.5. The molecule has 0 saturated carbocycles. The standard InChI is InChI=1S/C20H29N2Si/c1-23(2)15-9-14-22(18-23,17-20-12-7-4-8-13-20)21-16-19-10-5-3-6-11-19/h3-8,10-13,21H,9,14-18H2,1-2H3/q+1. The first kappa shape index (κ1) is 16.4. The van der Waals surface area contributed by atoms with Crippen LogP contribution >= 0.6 is 0 Å². The average Bonchev–Trinajstić information content (AvgIpc) is 2.54. The fourth-order valence-electron chi connectivity index (χ4n) is 3.95. The maximum Gasteiger partial charge on any atom is 0.122 e. The normalized spacial score (nSPS) is 23.6. The van der Waals surface area contributed by atoms with Crippen molar-refractivity contribution in [3.05, 3.63) is 71.8 Å². The van der Waals surface area contributed by atoms with Gasteiger partial charge in [-0.2, -0.15) is 5.43 Å². The van der Waals surface area contributed by atoms with Crippen molar-refractivity contribution < 1.29 is 4.59 Å². The SMILES string of the molecule is C[Si]1(C)CCC[N+](Cc2ccccc2)(NCc2ccccc2)C1. The van der Waals surface area contributed by atoms with E-state index in [0.717, 1.165) is 17.7 Å².